The van der Waals surface area contributed by atoms with Crippen molar-refractivity contribution in [2.24, 2.45) is 0 Å². The van der Waals surface area contributed by atoms with Crippen LogP contribution in [0.4, 0.5) is 5.69 Å². The standard InChI is InChI=1S/C15H24N2O2/c1-17(14-8-3-2-4-9-14)13-7-12-16-11-6-5-10-15(18)19/h2-4,8-9,16H,5-7,10-13H2,1H3,(H,18,19). The molecular formula is C15H24N2O2. The fraction of sp³-hybridized carbons (Fsp3) is 0.533. The lowest BCUT2D eigenvalue weighted by atomic mass is 10.2. The normalized spacial score (nSPS) is 10.4. The zero-order valence-corrected chi connectivity index (χ0v) is 11.6. The third-order valence-electron chi connectivity index (χ3n) is 3.04. The van der Waals surface area contributed by atoms with E-state index in [-0.39, 0.29) is 6.42 Å². The number of carboxylic acids is 1. The summed E-state index contributed by atoms with van der Waals surface area (Å²) in [6.45, 7) is 2.90. The third kappa shape index (κ3) is 7.47. The van der Waals surface area contributed by atoms with Gasteiger partial charge < -0.3 is 15.3 Å². The number of nitrogens with zero attached hydrogens (tertiary/aromatic N) is 1. The van der Waals surface area contributed by atoms with Crippen LogP contribution in [-0.4, -0.2) is 37.8 Å². The number of nitrogens with one attached hydrogen (secondary N) is 1. The summed E-state index contributed by atoms with van der Waals surface area (Å²) in [5.74, 6) is -0.704. The first kappa shape index (κ1) is 15.5. The largest absolute Gasteiger partial charge is 0.481 e. The van der Waals surface area contributed by atoms with Crippen molar-refractivity contribution in [2.75, 3.05) is 31.6 Å². The lowest BCUT2D eigenvalue weighted by Crippen LogP contribution is -2.24. The fourth-order valence-electron chi connectivity index (χ4n) is 1.90. The smallest absolute Gasteiger partial charge is 0.303 e. The van der Waals surface area contributed by atoms with Crippen molar-refractivity contribution in [1.82, 2.24) is 5.32 Å². The van der Waals surface area contributed by atoms with Crippen LogP contribution in [0.1, 0.15) is 25.7 Å². The Bertz CT molecular complexity index is 354. The van der Waals surface area contributed by atoms with E-state index in [2.05, 4.69) is 29.4 Å². The van der Waals surface area contributed by atoms with Gasteiger partial charge in [-0.3, -0.25) is 4.79 Å². The summed E-state index contributed by atoms with van der Waals surface area (Å²) in [6.07, 6.45) is 3.05. The molecule has 1 aromatic carbocycles. The first-order valence-electron chi connectivity index (χ1n) is 6.89. The van der Waals surface area contributed by atoms with E-state index >= 15 is 0 Å². The van der Waals surface area contributed by atoms with Crippen molar-refractivity contribution >= 4 is 11.7 Å². The van der Waals surface area contributed by atoms with Gasteiger partial charge in [0.1, 0.15) is 0 Å². The lowest BCUT2D eigenvalue weighted by molar-refractivity contribution is -0.137. The highest BCUT2D eigenvalue weighted by atomic mass is 16.4. The number of carbonyl (C=O) groups is 1. The second kappa shape index (κ2) is 9.39. The van der Waals surface area contributed by atoms with Gasteiger partial charge in [0.05, 0.1) is 0 Å². The van der Waals surface area contributed by atoms with Crippen LogP contribution < -0.4 is 10.2 Å². The maximum absolute atomic E-state index is 10.3. The molecule has 0 unspecified atom stereocenters. The van der Waals surface area contributed by atoms with E-state index in [9.17, 15) is 4.79 Å². The van der Waals surface area contributed by atoms with Gasteiger partial charge in [0, 0.05) is 25.7 Å². The Morgan fingerprint density at radius 3 is 2.53 bits per heavy atom. The summed E-state index contributed by atoms with van der Waals surface area (Å²) in [6, 6.07) is 10.3. The molecule has 4 nitrogen and oxygen atoms in total. The molecule has 0 aromatic heterocycles. The molecule has 1 rings (SSSR count). The second-order valence-corrected chi connectivity index (χ2v) is 4.71. The second-order valence-electron chi connectivity index (χ2n) is 4.71. The number of hydrogen-bond acceptors (Lipinski definition) is 3. The number of carboxylic acid groups (broad SMARTS) is 1. The molecule has 0 heterocycles. The molecule has 0 saturated heterocycles. The van der Waals surface area contributed by atoms with Gasteiger partial charge in [0.15, 0.2) is 0 Å². The molecule has 2 N–H and O–H groups in total. The Hall–Kier alpha value is -1.55. The minimum Gasteiger partial charge on any atom is -0.481 e. The number of anilines is 1. The van der Waals surface area contributed by atoms with Crippen LogP contribution in [0.2, 0.25) is 0 Å². The summed E-state index contributed by atoms with van der Waals surface area (Å²) in [5, 5.41) is 11.8. The van der Waals surface area contributed by atoms with Crippen molar-refractivity contribution in [2.45, 2.75) is 25.7 Å². The number of para-hydroxylation sites is 1. The zero-order valence-electron chi connectivity index (χ0n) is 11.6. The van der Waals surface area contributed by atoms with Crippen LogP contribution in [0.15, 0.2) is 30.3 Å². The minimum atomic E-state index is -0.704. The molecule has 0 saturated carbocycles. The van der Waals surface area contributed by atoms with E-state index in [1.807, 2.05) is 18.2 Å². The number of rotatable bonds is 10. The number of benzene rings is 1. The molecule has 0 bridgehead atoms. The lowest BCUT2D eigenvalue weighted by Gasteiger charge is -2.19. The summed E-state index contributed by atoms with van der Waals surface area (Å²) in [5.41, 5.74) is 1.24. The van der Waals surface area contributed by atoms with E-state index in [1.54, 1.807) is 0 Å². The average molecular weight is 264 g/mol. The Morgan fingerprint density at radius 1 is 1.16 bits per heavy atom. The van der Waals surface area contributed by atoms with Crippen molar-refractivity contribution in [3.63, 3.8) is 0 Å². The molecule has 4 heteroatoms. The molecule has 0 amide bonds. The molecule has 0 spiro atoms. The molecule has 0 atom stereocenters. The van der Waals surface area contributed by atoms with Crippen LogP contribution >= 0.6 is 0 Å². The predicted molar refractivity (Wildman–Crippen MR) is 78.7 cm³/mol. The molecular weight excluding hydrogens is 240 g/mol. The zero-order chi connectivity index (χ0) is 13.9. The summed E-state index contributed by atoms with van der Waals surface area (Å²) in [4.78, 5) is 12.6. The maximum Gasteiger partial charge on any atom is 0.303 e. The Kier molecular flexibility index (Phi) is 7.66. The van der Waals surface area contributed by atoms with Crippen LogP contribution in [-0.2, 0) is 4.79 Å². The van der Waals surface area contributed by atoms with Crippen molar-refractivity contribution in [1.29, 1.82) is 0 Å². The highest BCUT2D eigenvalue weighted by molar-refractivity contribution is 5.66. The molecule has 0 radical (unpaired) electrons. The molecule has 0 aliphatic heterocycles. The Balaban J connectivity index is 1.98. The number of aliphatic carboxylic acids is 1. The molecule has 0 fully saturated rings. The first-order chi connectivity index (χ1) is 9.20. The van der Waals surface area contributed by atoms with Crippen LogP contribution in [0, 0.1) is 0 Å². The van der Waals surface area contributed by atoms with Crippen LogP contribution in [0.3, 0.4) is 0 Å². The summed E-state index contributed by atoms with van der Waals surface area (Å²) >= 11 is 0. The fourth-order valence-corrected chi connectivity index (χ4v) is 1.90. The summed E-state index contributed by atoms with van der Waals surface area (Å²) < 4.78 is 0. The van der Waals surface area contributed by atoms with E-state index < -0.39 is 5.97 Å². The van der Waals surface area contributed by atoms with Gasteiger partial charge in [-0.05, 0) is 44.5 Å². The predicted octanol–water partition coefficient (Wildman–Crippen LogP) is 2.36. The van der Waals surface area contributed by atoms with Gasteiger partial charge in [0.25, 0.3) is 0 Å². The van der Waals surface area contributed by atoms with E-state index in [1.165, 1.54) is 5.69 Å². The summed E-state index contributed by atoms with van der Waals surface area (Å²) in [7, 11) is 2.10. The average Bonchev–Trinajstić information content (AvgIpc) is 2.42. The molecule has 19 heavy (non-hydrogen) atoms. The van der Waals surface area contributed by atoms with Gasteiger partial charge in [-0.2, -0.15) is 0 Å². The minimum absolute atomic E-state index is 0.276. The Morgan fingerprint density at radius 2 is 1.84 bits per heavy atom. The molecule has 1 aromatic rings. The van der Waals surface area contributed by atoms with E-state index in [4.69, 9.17) is 5.11 Å². The van der Waals surface area contributed by atoms with Crippen LogP contribution in [0.5, 0.6) is 0 Å². The van der Waals surface area contributed by atoms with Crippen molar-refractivity contribution in [3.8, 4) is 0 Å². The third-order valence-corrected chi connectivity index (χ3v) is 3.04. The monoisotopic (exact) mass is 264 g/mol. The van der Waals surface area contributed by atoms with Gasteiger partial charge in [-0.15, -0.1) is 0 Å². The maximum atomic E-state index is 10.3. The van der Waals surface area contributed by atoms with Gasteiger partial charge in [0.2, 0.25) is 0 Å². The van der Waals surface area contributed by atoms with Crippen LogP contribution in [0.25, 0.3) is 0 Å². The van der Waals surface area contributed by atoms with Gasteiger partial charge in [-0.25, -0.2) is 0 Å². The van der Waals surface area contributed by atoms with Gasteiger partial charge >= 0.3 is 5.97 Å². The Labute approximate surface area is 115 Å². The number of unbranched alkanes of at least 4 members (excludes halogenated alkanes) is 1. The first-order valence-corrected chi connectivity index (χ1v) is 6.89. The van der Waals surface area contributed by atoms with Crippen molar-refractivity contribution in [3.05, 3.63) is 30.3 Å². The highest BCUT2D eigenvalue weighted by Gasteiger charge is 1.99. The van der Waals surface area contributed by atoms with Crippen molar-refractivity contribution < 1.29 is 9.90 Å². The van der Waals surface area contributed by atoms with E-state index in [0.29, 0.717) is 0 Å². The highest BCUT2D eigenvalue weighted by Crippen LogP contribution is 2.10. The van der Waals surface area contributed by atoms with E-state index in [0.717, 1.165) is 38.9 Å². The molecule has 0 aliphatic rings. The quantitative estimate of drug-likeness (QED) is 0.637. The number of hydrogen-bond donors (Lipinski definition) is 2. The van der Waals surface area contributed by atoms with Gasteiger partial charge in [-0.1, -0.05) is 18.2 Å². The molecule has 0 aliphatic carbocycles. The topological polar surface area (TPSA) is 52.6 Å². The molecule has 106 valence electrons. The SMILES string of the molecule is CN(CCCNCCCCC(=O)O)c1ccccc1.